The Morgan fingerprint density at radius 2 is 1.85 bits per heavy atom. The summed E-state index contributed by atoms with van der Waals surface area (Å²) in [6.07, 6.45) is 4.40. The molecule has 0 aliphatic heterocycles. The van der Waals surface area contributed by atoms with Gasteiger partial charge in [0.1, 0.15) is 5.82 Å². The van der Waals surface area contributed by atoms with E-state index in [-0.39, 0.29) is 11.3 Å². The molecule has 0 bridgehead atoms. The third kappa shape index (κ3) is 2.71. The van der Waals surface area contributed by atoms with Crippen LogP contribution in [0.1, 0.15) is 42.1 Å². The first-order valence-electron chi connectivity index (χ1n) is 8.55. The third-order valence-electron chi connectivity index (χ3n) is 4.96. The van der Waals surface area contributed by atoms with Crippen molar-refractivity contribution in [1.82, 2.24) is 9.55 Å². The summed E-state index contributed by atoms with van der Waals surface area (Å²) in [4.78, 5) is 26.4. The van der Waals surface area contributed by atoms with Crippen LogP contribution in [0, 0.1) is 10.1 Å². The molecule has 0 spiro atoms. The Balaban J connectivity index is 1.90. The Bertz CT molecular complexity index is 1000. The van der Waals surface area contributed by atoms with E-state index < -0.39 is 10.9 Å². The fraction of sp³-hybridized carbons (Fsp3) is 0.263. The predicted octanol–water partition coefficient (Wildman–Crippen LogP) is 4.42. The molecule has 0 radical (unpaired) electrons. The topological polar surface area (TPSA) is 98.3 Å². The molecular weight excluding hydrogens is 334 g/mol. The van der Waals surface area contributed by atoms with E-state index in [1.807, 2.05) is 0 Å². The van der Waals surface area contributed by atoms with Gasteiger partial charge in [-0.3, -0.25) is 10.1 Å². The molecule has 1 heterocycles. The lowest BCUT2D eigenvalue weighted by molar-refractivity contribution is -0.384. The molecule has 1 fully saturated rings. The lowest BCUT2D eigenvalue weighted by Crippen LogP contribution is -2.06. The summed E-state index contributed by atoms with van der Waals surface area (Å²) in [7, 11) is 0. The van der Waals surface area contributed by atoms with Crippen molar-refractivity contribution in [2.75, 3.05) is 0 Å². The molecular formula is C19H17N3O4. The van der Waals surface area contributed by atoms with Crippen molar-refractivity contribution in [2.24, 2.45) is 0 Å². The van der Waals surface area contributed by atoms with Crippen LogP contribution in [0.4, 0.5) is 5.69 Å². The van der Waals surface area contributed by atoms with Gasteiger partial charge in [-0.2, -0.15) is 0 Å². The van der Waals surface area contributed by atoms with Crippen LogP contribution in [0.25, 0.3) is 22.4 Å². The number of hydrogen-bond acceptors (Lipinski definition) is 4. The number of nitrogens with zero attached hydrogens (tertiary/aromatic N) is 3. The number of non-ortho nitro benzene ring substituents is 1. The van der Waals surface area contributed by atoms with E-state index in [4.69, 9.17) is 0 Å². The van der Waals surface area contributed by atoms with Gasteiger partial charge in [-0.25, -0.2) is 9.78 Å². The molecule has 3 aromatic rings. The molecule has 0 unspecified atom stereocenters. The number of aromatic nitrogens is 2. The molecule has 1 aliphatic carbocycles. The van der Waals surface area contributed by atoms with Crippen molar-refractivity contribution in [2.45, 2.75) is 31.7 Å². The highest BCUT2D eigenvalue weighted by Gasteiger charge is 2.24. The highest BCUT2D eigenvalue weighted by atomic mass is 16.6. The maximum absolute atomic E-state index is 11.3. The number of fused-ring (bicyclic) bond motifs is 1. The second-order valence-electron chi connectivity index (χ2n) is 6.56. The molecule has 1 N–H and O–H groups in total. The highest BCUT2D eigenvalue weighted by Crippen LogP contribution is 2.37. The van der Waals surface area contributed by atoms with Crippen molar-refractivity contribution in [1.29, 1.82) is 0 Å². The maximum Gasteiger partial charge on any atom is 0.335 e. The van der Waals surface area contributed by atoms with Crippen molar-refractivity contribution in [3.05, 3.63) is 58.1 Å². The minimum Gasteiger partial charge on any atom is -0.478 e. The Kier molecular flexibility index (Phi) is 3.91. The van der Waals surface area contributed by atoms with E-state index >= 15 is 0 Å². The van der Waals surface area contributed by atoms with Gasteiger partial charge in [-0.15, -0.1) is 0 Å². The van der Waals surface area contributed by atoms with Crippen LogP contribution in [0.15, 0.2) is 42.5 Å². The number of carboxylic acid groups (broad SMARTS) is 1. The van der Waals surface area contributed by atoms with Gasteiger partial charge in [0.25, 0.3) is 5.69 Å². The van der Waals surface area contributed by atoms with Crippen molar-refractivity contribution >= 4 is 22.7 Å². The van der Waals surface area contributed by atoms with E-state index in [0.29, 0.717) is 11.6 Å². The summed E-state index contributed by atoms with van der Waals surface area (Å²) in [6.45, 7) is 0. The number of benzene rings is 2. The monoisotopic (exact) mass is 351 g/mol. The average molecular weight is 351 g/mol. The molecule has 1 saturated carbocycles. The Labute approximate surface area is 149 Å². The summed E-state index contributed by atoms with van der Waals surface area (Å²) in [5.74, 6) is -0.261. The fourth-order valence-electron chi connectivity index (χ4n) is 3.70. The number of imidazole rings is 1. The van der Waals surface area contributed by atoms with Crippen LogP contribution < -0.4 is 0 Å². The Morgan fingerprint density at radius 3 is 2.46 bits per heavy atom. The molecule has 26 heavy (non-hydrogen) atoms. The van der Waals surface area contributed by atoms with Gasteiger partial charge in [0.05, 0.1) is 21.5 Å². The van der Waals surface area contributed by atoms with E-state index in [9.17, 15) is 20.0 Å². The number of carbonyl (C=O) groups is 1. The third-order valence-corrected chi connectivity index (χ3v) is 4.96. The van der Waals surface area contributed by atoms with Gasteiger partial charge < -0.3 is 9.67 Å². The van der Waals surface area contributed by atoms with Crippen molar-refractivity contribution in [3.8, 4) is 11.4 Å². The first-order chi connectivity index (χ1) is 12.5. The highest BCUT2D eigenvalue weighted by molar-refractivity contribution is 5.93. The van der Waals surface area contributed by atoms with Crippen LogP contribution in [0.3, 0.4) is 0 Å². The SMILES string of the molecule is O=C(O)c1ccc2c(c1)nc(-c1ccc([N+](=O)[O-])cc1)n2C1CCCC1. The number of rotatable bonds is 4. The standard InChI is InChI=1S/C19H17N3O4/c23-19(24)13-7-10-17-16(11-13)20-18(21(17)14-3-1-2-4-14)12-5-8-15(9-6-12)22(25)26/h5-11,14H,1-4H2,(H,23,24). The number of nitro benzene ring substituents is 1. The van der Waals surface area contributed by atoms with E-state index in [0.717, 1.165) is 42.6 Å². The van der Waals surface area contributed by atoms with Crippen molar-refractivity contribution in [3.63, 3.8) is 0 Å². The van der Waals surface area contributed by atoms with Crippen LogP contribution in [-0.2, 0) is 0 Å². The van der Waals surface area contributed by atoms with Gasteiger partial charge in [-0.1, -0.05) is 12.8 Å². The molecule has 2 aromatic carbocycles. The smallest absolute Gasteiger partial charge is 0.335 e. The summed E-state index contributed by atoms with van der Waals surface area (Å²) >= 11 is 0. The van der Waals surface area contributed by atoms with E-state index in [1.54, 1.807) is 30.3 Å². The minimum atomic E-state index is -0.987. The molecule has 1 aromatic heterocycles. The first kappa shape index (κ1) is 16.3. The first-order valence-corrected chi connectivity index (χ1v) is 8.55. The zero-order valence-corrected chi connectivity index (χ0v) is 14.0. The second-order valence-corrected chi connectivity index (χ2v) is 6.56. The molecule has 0 atom stereocenters. The lowest BCUT2D eigenvalue weighted by atomic mass is 10.1. The van der Waals surface area contributed by atoms with Crippen LogP contribution in [-0.4, -0.2) is 25.6 Å². The van der Waals surface area contributed by atoms with Crippen LogP contribution in [0.2, 0.25) is 0 Å². The molecule has 132 valence electrons. The van der Waals surface area contributed by atoms with Gasteiger partial charge in [0.15, 0.2) is 0 Å². The molecule has 1 aliphatic rings. The summed E-state index contributed by atoms with van der Waals surface area (Å²) in [6, 6.07) is 11.6. The van der Waals surface area contributed by atoms with Crippen molar-refractivity contribution < 1.29 is 14.8 Å². The van der Waals surface area contributed by atoms with Gasteiger partial charge in [0.2, 0.25) is 0 Å². The van der Waals surface area contributed by atoms with Crippen LogP contribution in [0.5, 0.6) is 0 Å². The van der Waals surface area contributed by atoms with Gasteiger partial charge in [-0.05, 0) is 43.2 Å². The summed E-state index contributed by atoms with van der Waals surface area (Å²) < 4.78 is 2.16. The minimum absolute atomic E-state index is 0.0328. The molecule has 0 saturated heterocycles. The number of carboxylic acids is 1. The van der Waals surface area contributed by atoms with E-state index in [2.05, 4.69) is 9.55 Å². The number of nitro groups is 1. The van der Waals surface area contributed by atoms with Gasteiger partial charge in [0, 0.05) is 23.7 Å². The summed E-state index contributed by atoms with van der Waals surface area (Å²) in [5, 5.41) is 20.1. The quantitative estimate of drug-likeness (QED) is 0.554. The summed E-state index contributed by atoms with van der Waals surface area (Å²) in [5.41, 5.74) is 2.55. The maximum atomic E-state index is 11.3. The van der Waals surface area contributed by atoms with Crippen LogP contribution >= 0.6 is 0 Å². The normalized spacial score (nSPS) is 14.8. The van der Waals surface area contributed by atoms with E-state index in [1.165, 1.54) is 12.1 Å². The number of hydrogen-bond donors (Lipinski definition) is 1. The molecule has 7 nitrogen and oxygen atoms in total. The average Bonchev–Trinajstić information content (AvgIpc) is 3.28. The zero-order valence-electron chi connectivity index (χ0n) is 14.0. The zero-order chi connectivity index (χ0) is 18.3. The Morgan fingerprint density at radius 1 is 1.15 bits per heavy atom. The van der Waals surface area contributed by atoms with Gasteiger partial charge >= 0.3 is 5.97 Å². The lowest BCUT2D eigenvalue weighted by Gasteiger charge is -2.16. The number of aromatic carboxylic acids is 1. The molecule has 0 amide bonds. The largest absolute Gasteiger partial charge is 0.478 e. The predicted molar refractivity (Wildman–Crippen MR) is 96.3 cm³/mol. The molecule has 7 heteroatoms. The Hall–Kier alpha value is -3.22. The fourth-order valence-corrected chi connectivity index (χ4v) is 3.70. The molecule has 4 rings (SSSR count). The second kappa shape index (κ2) is 6.25.